The SMILES string of the molecule is CCCCC/C=C\C/C=C\C/C=C\C/C=C\C/C=C\CCC(=O)OC[C@H](COC(=O)CCCCCCCCCCCCC/C=C\CCCCCCCC)OC(=O)CCC/C=C\C/C=C\C/C=C\C/C=C\CCCCC. The van der Waals surface area contributed by atoms with Gasteiger partial charge in [-0.15, -0.1) is 0 Å². The molecule has 1 atom stereocenters. The molecule has 0 N–H and O–H groups in total. The Morgan fingerprint density at radius 1 is 0.267 bits per heavy atom. The van der Waals surface area contributed by atoms with E-state index in [0.29, 0.717) is 19.3 Å². The van der Waals surface area contributed by atoms with Crippen molar-refractivity contribution < 1.29 is 28.6 Å². The van der Waals surface area contributed by atoms with Gasteiger partial charge in [0.15, 0.2) is 6.10 Å². The molecule has 0 aromatic heterocycles. The van der Waals surface area contributed by atoms with Gasteiger partial charge in [0.25, 0.3) is 0 Å². The zero-order chi connectivity index (χ0) is 54.3. The number of rotatable bonds is 55. The molecule has 0 unspecified atom stereocenters. The number of ether oxygens (including phenoxy) is 3. The monoisotopic (exact) mass is 1040 g/mol. The fraction of sp³-hybridized carbons (Fsp3) is 0.667. The molecule has 0 heterocycles. The van der Waals surface area contributed by atoms with Crippen molar-refractivity contribution in [3.8, 4) is 0 Å². The summed E-state index contributed by atoms with van der Waals surface area (Å²) in [4.78, 5) is 38.2. The molecule has 6 nitrogen and oxygen atoms in total. The fourth-order valence-electron chi connectivity index (χ4n) is 8.24. The second kappa shape index (κ2) is 62.4. The molecular weight excluding hydrogens is 925 g/mol. The number of allylic oxidation sites excluding steroid dienone is 20. The molecule has 6 heteroatoms. The van der Waals surface area contributed by atoms with E-state index >= 15 is 0 Å². The van der Waals surface area contributed by atoms with Gasteiger partial charge in [0.05, 0.1) is 0 Å². The highest BCUT2D eigenvalue weighted by molar-refractivity contribution is 5.71. The Bertz CT molecular complexity index is 1570. The molecule has 0 aliphatic rings. The molecule has 0 rings (SSSR count). The second-order valence-electron chi connectivity index (χ2n) is 20.2. The summed E-state index contributed by atoms with van der Waals surface area (Å²) >= 11 is 0. The van der Waals surface area contributed by atoms with Gasteiger partial charge in [-0.1, -0.05) is 258 Å². The van der Waals surface area contributed by atoms with Gasteiger partial charge in [0, 0.05) is 19.3 Å². The highest BCUT2D eigenvalue weighted by Crippen LogP contribution is 2.15. The minimum absolute atomic E-state index is 0.125. The first kappa shape index (κ1) is 70.8. The molecule has 0 aliphatic carbocycles. The maximum Gasteiger partial charge on any atom is 0.306 e. The zero-order valence-corrected chi connectivity index (χ0v) is 48.8. The number of esters is 3. The summed E-state index contributed by atoms with van der Waals surface area (Å²) in [7, 11) is 0. The van der Waals surface area contributed by atoms with Crippen LogP contribution in [0.3, 0.4) is 0 Å². The lowest BCUT2D eigenvalue weighted by atomic mass is 10.0. The topological polar surface area (TPSA) is 78.9 Å². The van der Waals surface area contributed by atoms with Gasteiger partial charge < -0.3 is 14.2 Å². The summed E-state index contributed by atoms with van der Waals surface area (Å²) in [6.45, 7) is 6.48. The van der Waals surface area contributed by atoms with Crippen molar-refractivity contribution in [1.29, 1.82) is 0 Å². The molecule has 0 saturated carbocycles. The summed E-state index contributed by atoms with van der Waals surface area (Å²) < 4.78 is 16.8. The van der Waals surface area contributed by atoms with Gasteiger partial charge in [-0.25, -0.2) is 0 Å². The van der Waals surface area contributed by atoms with Crippen LogP contribution < -0.4 is 0 Å². The van der Waals surface area contributed by atoms with Gasteiger partial charge in [0.1, 0.15) is 13.2 Å². The smallest absolute Gasteiger partial charge is 0.306 e. The molecule has 0 aromatic rings. The summed E-state index contributed by atoms with van der Waals surface area (Å²) in [5.74, 6) is -1.07. The van der Waals surface area contributed by atoms with Crippen LogP contribution in [0.4, 0.5) is 0 Å². The first-order valence-electron chi connectivity index (χ1n) is 31.0. The maximum atomic E-state index is 12.9. The Balaban J connectivity index is 4.55. The van der Waals surface area contributed by atoms with E-state index in [2.05, 4.69) is 136 Å². The molecule has 426 valence electrons. The molecule has 75 heavy (non-hydrogen) atoms. The Morgan fingerprint density at radius 2 is 0.520 bits per heavy atom. The summed E-state index contributed by atoms with van der Waals surface area (Å²) in [6, 6.07) is 0. The van der Waals surface area contributed by atoms with Crippen LogP contribution in [0.25, 0.3) is 0 Å². The third kappa shape index (κ3) is 60.6. The normalized spacial score (nSPS) is 12.9. The molecule has 0 radical (unpaired) electrons. The first-order valence-corrected chi connectivity index (χ1v) is 31.0. The summed E-state index contributed by atoms with van der Waals surface area (Å²) in [5.41, 5.74) is 0. The van der Waals surface area contributed by atoms with Crippen molar-refractivity contribution in [2.75, 3.05) is 13.2 Å². The summed E-state index contributed by atoms with van der Waals surface area (Å²) in [6.07, 6.45) is 86.4. The van der Waals surface area contributed by atoms with Crippen LogP contribution in [0.15, 0.2) is 122 Å². The average molecular weight is 1040 g/mol. The third-order valence-electron chi connectivity index (χ3n) is 12.9. The van der Waals surface area contributed by atoms with E-state index in [9.17, 15) is 14.4 Å². The van der Waals surface area contributed by atoms with Gasteiger partial charge in [-0.05, 0) is 122 Å². The van der Waals surface area contributed by atoms with Crippen LogP contribution in [-0.2, 0) is 28.6 Å². The zero-order valence-electron chi connectivity index (χ0n) is 48.8. The van der Waals surface area contributed by atoms with Crippen molar-refractivity contribution in [2.24, 2.45) is 0 Å². The number of hydrogen-bond acceptors (Lipinski definition) is 6. The van der Waals surface area contributed by atoms with Crippen LogP contribution in [0.2, 0.25) is 0 Å². The van der Waals surface area contributed by atoms with E-state index in [4.69, 9.17) is 14.2 Å². The molecule has 0 aliphatic heterocycles. The van der Waals surface area contributed by atoms with Gasteiger partial charge in [-0.3, -0.25) is 14.4 Å². The number of unbranched alkanes of at least 4 members (excludes halogenated alkanes) is 24. The van der Waals surface area contributed by atoms with Crippen molar-refractivity contribution in [3.63, 3.8) is 0 Å². The minimum Gasteiger partial charge on any atom is -0.462 e. The van der Waals surface area contributed by atoms with Crippen LogP contribution >= 0.6 is 0 Å². The molecule has 0 bridgehead atoms. The van der Waals surface area contributed by atoms with Crippen molar-refractivity contribution >= 4 is 17.9 Å². The van der Waals surface area contributed by atoms with Gasteiger partial charge >= 0.3 is 17.9 Å². The molecule has 0 saturated heterocycles. The highest BCUT2D eigenvalue weighted by atomic mass is 16.6. The number of carbonyl (C=O) groups is 3. The largest absolute Gasteiger partial charge is 0.462 e. The number of carbonyl (C=O) groups excluding carboxylic acids is 3. The van der Waals surface area contributed by atoms with Crippen LogP contribution in [0.5, 0.6) is 0 Å². The van der Waals surface area contributed by atoms with E-state index in [1.54, 1.807) is 0 Å². The fourth-order valence-corrected chi connectivity index (χ4v) is 8.24. The van der Waals surface area contributed by atoms with E-state index in [1.807, 2.05) is 6.08 Å². The van der Waals surface area contributed by atoms with Crippen LogP contribution in [-0.4, -0.2) is 37.2 Å². The predicted molar refractivity (Wildman–Crippen MR) is 325 cm³/mol. The average Bonchev–Trinajstić information content (AvgIpc) is 3.41. The second-order valence-corrected chi connectivity index (χ2v) is 20.2. The van der Waals surface area contributed by atoms with Crippen molar-refractivity contribution in [1.82, 2.24) is 0 Å². The Kier molecular flexibility index (Phi) is 58.9. The highest BCUT2D eigenvalue weighted by Gasteiger charge is 2.19. The molecule has 0 fully saturated rings. The Labute approximate surface area is 462 Å². The van der Waals surface area contributed by atoms with E-state index in [-0.39, 0.29) is 44.0 Å². The minimum atomic E-state index is -0.841. The van der Waals surface area contributed by atoms with E-state index in [0.717, 1.165) is 70.6 Å². The standard InChI is InChI=1S/C69H114O6/c1-4-7-10-13-16-19-22-25-28-31-33-34-36-39-41-44-47-50-53-56-59-62-68(71)74-65-66(75-69(72)63-60-57-54-51-48-45-42-37-30-27-24-21-18-15-12-9-6-3)64-73-67(70)61-58-55-52-49-46-43-40-38-35-32-29-26-23-20-17-14-11-8-5-2/h17-18,20-21,25-30,35,38,42-43,45-46,51-52,54-55,66H,4-16,19,22-24,31-34,36-37,39-41,44,47-50,53,56-65H2,1-3H3/b20-17-,21-18-,28-25-,29-26-,30-27-,38-35-,45-42-,46-43-,54-51-,55-52-/t66-/m1/s1. The van der Waals surface area contributed by atoms with Gasteiger partial charge in [0.2, 0.25) is 0 Å². The molecule has 0 aromatic carbocycles. The lowest BCUT2D eigenvalue weighted by Gasteiger charge is -2.18. The lowest BCUT2D eigenvalue weighted by Crippen LogP contribution is -2.30. The van der Waals surface area contributed by atoms with E-state index in [1.165, 1.54) is 154 Å². The third-order valence-corrected chi connectivity index (χ3v) is 12.9. The van der Waals surface area contributed by atoms with Crippen molar-refractivity contribution in [2.45, 2.75) is 284 Å². The quantitative estimate of drug-likeness (QED) is 0.0261. The maximum absolute atomic E-state index is 12.9. The molecule has 0 amide bonds. The number of hydrogen-bond donors (Lipinski definition) is 0. The molecule has 0 spiro atoms. The predicted octanol–water partition coefficient (Wildman–Crippen LogP) is 21.2. The Hall–Kier alpha value is -4.19. The van der Waals surface area contributed by atoms with Gasteiger partial charge in [-0.2, -0.15) is 0 Å². The lowest BCUT2D eigenvalue weighted by molar-refractivity contribution is -0.166. The summed E-state index contributed by atoms with van der Waals surface area (Å²) in [5, 5.41) is 0. The first-order chi connectivity index (χ1) is 37.0. The van der Waals surface area contributed by atoms with E-state index < -0.39 is 6.10 Å². The van der Waals surface area contributed by atoms with Crippen molar-refractivity contribution in [3.05, 3.63) is 122 Å². The van der Waals surface area contributed by atoms with Crippen LogP contribution in [0, 0.1) is 0 Å². The van der Waals surface area contributed by atoms with Crippen LogP contribution in [0.1, 0.15) is 278 Å². The molecular formula is C69H114O6. The Morgan fingerprint density at radius 3 is 0.907 bits per heavy atom.